The van der Waals surface area contributed by atoms with Crippen LogP contribution < -0.4 is 15.2 Å². The number of aryl methyl sites for hydroxylation is 1. The van der Waals surface area contributed by atoms with Crippen LogP contribution in [-0.4, -0.2) is 17.1 Å². The van der Waals surface area contributed by atoms with Crippen LogP contribution in [-0.2, 0) is 6.18 Å². The van der Waals surface area contributed by atoms with Crippen LogP contribution in [0.1, 0.15) is 11.4 Å². The second kappa shape index (κ2) is 5.47. The third-order valence-electron chi connectivity index (χ3n) is 2.51. The second-order valence-electron chi connectivity index (χ2n) is 4.21. The van der Waals surface area contributed by atoms with Crippen molar-refractivity contribution in [2.75, 3.05) is 12.8 Å². The highest BCUT2D eigenvalue weighted by atomic mass is 19.4. The minimum Gasteiger partial charge on any atom is -0.493 e. The summed E-state index contributed by atoms with van der Waals surface area (Å²) in [6.07, 6.45) is -4.70. The SMILES string of the molecule is COc1cc(C)ccc1Oc1cc(N)nc(C(F)(F)F)n1. The van der Waals surface area contributed by atoms with Gasteiger partial charge in [0.1, 0.15) is 5.82 Å². The number of anilines is 1. The Morgan fingerprint density at radius 1 is 1.10 bits per heavy atom. The van der Waals surface area contributed by atoms with Gasteiger partial charge in [0.25, 0.3) is 0 Å². The van der Waals surface area contributed by atoms with Crippen LogP contribution in [0.2, 0.25) is 0 Å². The molecule has 2 N–H and O–H groups in total. The fourth-order valence-electron chi connectivity index (χ4n) is 1.59. The summed E-state index contributed by atoms with van der Waals surface area (Å²) in [5, 5.41) is 0. The molecule has 0 aliphatic carbocycles. The number of halogens is 3. The summed E-state index contributed by atoms with van der Waals surface area (Å²) >= 11 is 0. The molecule has 5 nitrogen and oxygen atoms in total. The first kappa shape index (κ1) is 14.9. The van der Waals surface area contributed by atoms with E-state index in [1.165, 1.54) is 7.11 Å². The minimum absolute atomic E-state index is 0.231. The average molecular weight is 299 g/mol. The van der Waals surface area contributed by atoms with Crippen LogP contribution in [0.4, 0.5) is 19.0 Å². The van der Waals surface area contributed by atoms with Crippen LogP contribution in [0.3, 0.4) is 0 Å². The first-order valence-corrected chi connectivity index (χ1v) is 5.84. The van der Waals surface area contributed by atoms with Gasteiger partial charge in [0.05, 0.1) is 7.11 Å². The summed E-state index contributed by atoms with van der Waals surface area (Å²) in [5.41, 5.74) is 6.26. The largest absolute Gasteiger partial charge is 0.493 e. The zero-order chi connectivity index (χ0) is 15.6. The van der Waals surface area contributed by atoms with Crippen molar-refractivity contribution in [3.63, 3.8) is 0 Å². The molecule has 1 aromatic carbocycles. The molecule has 1 aromatic heterocycles. The molecule has 0 amide bonds. The number of methoxy groups -OCH3 is 1. The number of nitrogens with two attached hydrogens (primary N) is 1. The molecule has 0 aliphatic rings. The van der Waals surface area contributed by atoms with Crippen LogP contribution in [0, 0.1) is 6.92 Å². The van der Waals surface area contributed by atoms with E-state index in [1.807, 2.05) is 6.92 Å². The highest BCUT2D eigenvalue weighted by Gasteiger charge is 2.35. The highest BCUT2D eigenvalue weighted by Crippen LogP contribution is 2.33. The number of ether oxygens (including phenoxy) is 2. The molecule has 112 valence electrons. The molecule has 0 fully saturated rings. The summed E-state index contributed by atoms with van der Waals surface area (Å²) in [7, 11) is 1.43. The van der Waals surface area contributed by atoms with Crippen LogP contribution in [0.5, 0.6) is 17.4 Å². The van der Waals surface area contributed by atoms with E-state index in [4.69, 9.17) is 15.2 Å². The van der Waals surface area contributed by atoms with Gasteiger partial charge < -0.3 is 15.2 Å². The van der Waals surface area contributed by atoms with Crippen molar-refractivity contribution in [1.29, 1.82) is 0 Å². The molecular formula is C13H12F3N3O2. The predicted molar refractivity (Wildman–Crippen MR) is 69.3 cm³/mol. The molecule has 0 bridgehead atoms. The molecule has 0 unspecified atom stereocenters. The number of nitrogen functional groups attached to an aromatic ring is 1. The Morgan fingerprint density at radius 3 is 2.43 bits per heavy atom. The number of rotatable bonds is 3. The third kappa shape index (κ3) is 3.53. The average Bonchev–Trinajstić information content (AvgIpc) is 2.39. The van der Waals surface area contributed by atoms with Gasteiger partial charge in [-0.25, -0.2) is 4.98 Å². The van der Waals surface area contributed by atoms with E-state index < -0.39 is 12.0 Å². The number of nitrogens with zero attached hydrogens (tertiary/aromatic N) is 2. The van der Waals surface area contributed by atoms with Crippen molar-refractivity contribution in [1.82, 2.24) is 9.97 Å². The van der Waals surface area contributed by atoms with E-state index in [0.29, 0.717) is 5.75 Å². The van der Waals surface area contributed by atoms with Gasteiger partial charge >= 0.3 is 6.18 Å². The number of aromatic nitrogens is 2. The molecule has 0 atom stereocenters. The Kier molecular flexibility index (Phi) is 3.88. The maximum atomic E-state index is 12.6. The lowest BCUT2D eigenvalue weighted by atomic mass is 10.2. The summed E-state index contributed by atoms with van der Waals surface area (Å²) in [6.45, 7) is 1.84. The molecular weight excluding hydrogens is 287 g/mol. The summed E-state index contributed by atoms with van der Waals surface area (Å²) in [5.74, 6) is -1.39. The molecule has 8 heteroatoms. The van der Waals surface area contributed by atoms with E-state index in [1.54, 1.807) is 18.2 Å². The highest BCUT2D eigenvalue weighted by molar-refractivity contribution is 5.45. The normalized spacial score (nSPS) is 11.3. The molecule has 1 heterocycles. The lowest BCUT2D eigenvalue weighted by molar-refractivity contribution is -0.145. The van der Waals surface area contributed by atoms with E-state index >= 15 is 0 Å². The van der Waals surface area contributed by atoms with Gasteiger partial charge in [0.2, 0.25) is 11.7 Å². The Labute approximate surface area is 118 Å². The minimum atomic E-state index is -4.70. The first-order chi connectivity index (χ1) is 9.79. The summed E-state index contributed by atoms with van der Waals surface area (Å²) in [6, 6.07) is 6.09. The molecule has 2 rings (SSSR count). The Bertz CT molecular complexity index is 660. The van der Waals surface area contributed by atoms with Crippen LogP contribution >= 0.6 is 0 Å². The quantitative estimate of drug-likeness (QED) is 0.942. The predicted octanol–water partition coefficient (Wildman–Crippen LogP) is 3.19. The van der Waals surface area contributed by atoms with Crippen molar-refractivity contribution >= 4 is 5.82 Å². The fraction of sp³-hybridized carbons (Fsp3) is 0.231. The number of hydrogen-bond donors (Lipinski definition) is 1. The van der Waals surface area contributed by atoms with Gasteiger partial charge in [0, 0.05) is 6.07 Å². The van der Waals surface area contributed by atoms with E-state index in [-0.39, 0.29) is 17.4 Å². The van der Waals surface area contributed by atoms with Crippen molar-refractivity contribution in [2.45, 2.75) is 13.1 Å². The first-order valence-electron chi connectivity index (χ1n) is 5.84. The molecule has 0 saturated heterocycles. The van der Waals surface area contributed by atoms with E-state index in [0.717, 1.165) is 11.6 Å². The van der Waals surface area contributed by atoms with Gasteiger partial charge in [-0.15, -0.1) is 0 Å². The topological polar surface area (TPSA) is 70.3 Å². The Hall–Kier alpha value is -2.51. The molecule has 0 spiro atoms. The van der Waals surface area contributed by atoms with Crippen LogP contribution in [0.25, 0.3) is 0 Å². The van der Waals surface area contributed by atoms with Gasteiger partial charge in [-0.2, -0.15) is 18.2 Å². The lowest BCUT2D eigenvalue weighted by Crippen LogP contribution is -2.12. The van der Waals surface area contributed by atoms with E-state index in [2.05, 4.69) is 9.97 Å². The number of alkyl halides is 3. The molecule has 0 saturated carbocycles. The maximum Gasteiger partial charge on any atom is 0.451 e. The standard InChI is InChI=1S/C13H12F3N3O2/c1-7-3-4-8(9(5-7)20-2)21-11-6-10(17)18-12(19-11)13(14,15)16/h3-6H,1-2H3,(H2,17,18,19). The van der Waals surface area contributed by atoms with Crippen molar-refractivity contribution in [3.05, 3.63) is 35.7 Å². The van der Waals surface area contributed by atoms with Crippen LogP contribution in [0.15, 0.2) is 24.3 Å². The molecule has 2 aromatic rings. The van der Waals surface area contributed by atoms with Gasteiger partial charge in [-0.05, 0) is 24.6 Å². The maximum absolute atomic E-state index is 12.6. The Balaban J connectivity index is 2.38. The van der Waals surface area contributed by atoms with Crippen molar-refractivity contribution in [2.24, 2.45) is 0 Å². The fourth-order valence-corrected chi connectivity index (χ4v) is 1.59. The lowest BCUT2D eigenvalue weighted by Gasteiger charge is -2.12. The number of benzene rings is 1. The van der Waals surface area contributed by atoms with Crippen molar-refractivity contribution < 1.29 is 22.6 Å². The van der Waals surface area contributed by atoms with E-state index in [9.17, 15) is 13.2 Å². The monoisotopic (exact) mass is 299 g/mol. The van der Waals surface area contributed by atoms with Gasteiger partial charge in [0.15, 0.2) is 11.5 Å². The number of hydrogen-bond acceptors (Lipinski definition) is 5. The summed E-state index contributed by atoms with van der Waals surface area (Å²) in [4.78, 5) is 6.44. The smallest absolute Gasteiger partial charge is 0.451 e. The molecule has 0 radical (unpaired) electrons. The Morgan fingerprint density at radius 2 is 1.81 bits per heavy atom. The van der Waals surface area contributed by atoms with Gasteiger partial charge in [-0.3, -0.25) is 0 Å². The second-order valence-corrected chi connectivity index (χ2v) is 4.21. The molecule has 0 aliphatic heterocycles. The zero-order valence-electron chi connectivity index (χ0n) is 11.2. The van der Waals surface area contributed by atoms with Gasteiger partial charge in [-0.1, -0.05) is 6.07 Å². The summed E-state index contributed by atoms with van der Waals surface area (Å²) < 4.78 is 48.3. The van der Waals surface area contributed by atoms with Crippen molar-refractivity contribution in [3.8, 4) is 17.4 Å². The molecule has 21 heavy (non-hydrogen) atoms. The third-order valence-corrected chi connectivity index (χ3v) is 2.51. The zero-order valence-corrected chi connectivity index (χ0v) is 11.2.